The molecule has 0 fully saturated rings. The number of aliphatic hydroxyl groups excluding tert-OH is 4. The third-order valence-corrected chi connectivity index (χ3v) is 9.95. The number of carbonyl (C=O) groups is 1. The van der Waals surface area contributed by atoms with Crippen LogP contribution in [0.5, 0.6) is 0 Å². The first kappa shape index (κ1) is 50.3. The Kier molecular flexibility index (Phi) is 39.1. The average molecular weight is 732 g/mol. The summed E-state index contributed by atoms with van der Waals surface area (Å²) in [6.45, 7) is 3.96. The molecule has 6 nitrogen and oxygen atoms in total. The van der Waals surface area contributed by atoms with Gasteiger partial charge in [-0.15, -0.1) is 0 Å². The number of nitrogens with one attached hydrogen (secondary N) is 1. The first-order valence-electron chi connectivity index (χ1n) is 22.0. The number of aliphatic hydroxyl groups is 4. The number of allylic oxidation sites excluding steroid dienone is 8. The number of rotatable bonds is 39. The SMILES string of the molecule is CCC/C=C/CC/C=C/CC/C=C/CCCC(O)C(O)C(CO)NC(=O)C(O)CCCCCCCC/C=C\CCCCCCCCCCCCCC. The van der Waals surface area contributed by atoms with Crippen molar-refractivity contribution in [3.8, 4) is 0 Å². The maximum atomic E-state index is 12.5. The van der Waals surface area contributed by atoms with Gasteiger partial charge < -0.3 is 25.7 Å². The average Bonchev–Trinajstić information content (AvgIpc) is 3.15. The molecule has 0 radical (unpaired) electrons. The van der Waals surface area contributed by atoms with E-state index >= 15 is 0 Å². The summed E-state index contributed by atoms with van der Waals surface area (Å²) in [4.78, 5) is 12.5. The van der Waals surface area contributed by atoms with Crippen molar-refractivity contribution in [3.63, 3.8) is 0 Å². The normalized spacial score (nSPS) is 14.7. The standard InChI is InChI=1S/C46H85NO5/c1-3-5-7-9-11-13-15-17-19-20-21-22-23-24-25-26-28-30-32-34-36-38-40-44(50)46(52)47-42(41-48)45(51)43(49)39-37-35-33-31-29-27-18-16-14-12-10-8-6-4-2/h8,10,16,18,24-25,31,33,42-45,48-51H,3-7,9,11-15,17,19-23,26-30,32,34-41H2,1-2H3,(H,47,52)/b10-8+,18-16+,25-24-,33-31+. The van der Waals surface area contributed by atoms with Gasteiger partial charge in [0.15, 0.2) is 0 Å². The van der Waals surface area contributed by atoms with Gasteiger partial charge in [0.1, 0.15) is 12.2 Å². The first-order chi connectivity index (χ1) is 25.5. The molecule has 0 bridgehead atoms. The highest BCUT2D eigenvalue weighted by Crippen LogP contribution is 2.15. The van der Waals surface area contributed by atoms with Crippen LogP contribution >= 0.6 is 0 Å². The van der Waals surface area contributed by atoms with Crippen LogP contribution in [0.4, 0.5) is 0 Å². The van der Waals surface area contributed by atoms with E-state index in [1.54, 1.807) is 0 Å². The van der Waals surface area contributed by atoms with Crippen LogP contribution in [0.25, 0.3) is 0 Å². The van der Waals surface area contributed by atoms with E-state index in [1.165, 1.54) is 103 Å². The van der Waals surface area contributed by atoms with E-state index < -0.39 is 36.9 Å². The Morgan fingerprint density at radius 2 is 0.846 bits per heavy atom. The molecule has 52 heavy (non-hydrogen) atoms. The second-order valence-corrected chi connectivity index (χ2v) is 15.0. The second-order valence-electron chi connectivity index (χ2n) is 15.0. The topological polar surface area (TPSA) is 110 Å². The van der Waals surface area contributed by atoms with Gasteiger partial charge in [-0.1, -0.05) is 172 Å². The highest BCUT2D eigenvalue weighted by atomic mass is 16.3. The Bertz CT molecular complexity index is 869. The number of unbranched alkanes of at least 4 members (excludes halogenated alkanes) is 22. The molecule has 0 spiro atoms. The zero-order valence-electron chi connectivity index (χ0n) is 34.0. The maximum Gasteiger partial charge on any atom is 0.249 e. The molecular formula is C46H85NO5. The fourth-order valence-corrected chi connectivity index (χ4v) is 6.44. The lowest BCUT2D eigenvalue weighted by Gasteiger charge is -2.27. The molecule has 0 aliphatic heterocycles. The van der Waals surface area contributed by atoms with Crippen LogP contribution in [-0.4, -0.2) is 57.3 Å². The number of hydrogen-bond donors (Lipinski definition) is 5. The molecule has 0 aliphatic rings. The minimum absolute atomic E-state index is 0.350. The van der Waals surface area contributed by atoms with E-state index in [-0.39, 0.29) is 0 Å². The van der Waals surface area contributed by atoms with Crippen molar-refractivity contribution in [2.75, 3.05) is 6.61 Å². The molecule has 0 saturated heterocycles. The summed E-state index contributed by atoms with van der Waals surface area (Å²) in [5.74, 6) is -0.606. The van der Waals surface area contributed by atoms with E-state index in [1.807, 2.05) is 0 Å². The van der Waals surface area contributed by atoms with Gasteiger partial charge in [0, 0.05) is 0 Å². The molecule has 304 valence electrons. The van der Waals surface area contributed by atoms with Crippen molar-refractivity contribution in [1.82, 2.24) is 5.32 Å². The summed E-state index contributed by atoms with van der Waals surface area (Å²) < 4.78 is 0. The predicted octanol–water partition coefficient (Wildman–Crippen LogP) is 11.5. The lowest BCUT2D eigenvalue weighted by Crippen LogP contribution is -2.53. The molecule has 6 heteroatoms. The minimum atomic E-state index is -1.30. The quantitative estimate of drug-likeness (QED) is 0.0319. The van der Waals surface area contributed by atoms with Crippen molar-refractivity contribution in [2.24, 2.45) is 0 Å². The number of amides is 1. The van der Waals surface area contributed by atoms with Crippen molar-refractivity contribution >= 4 is 5.91 Å². The van der Waals surface area contributed by atoms with Gasteiger partial charge >= 0.3 is 0 Å². The third kappa shape index (κ3) is 34.1. The maximum absolute atomic E-state index is 12.5. The third-order valence-electron chi connectivity index (χ3n) is 9.95. The molecule has 0 aromatic carbocycles. The monoisotopic (exact) mass is 732 g/mol. The van der Waals surface area contributed by atoms with Crippen LogP contribution < -0.4 is 5.32 Å². The van der Waals surface area contributed by atoms with Gasteiger partial charge in [0.25, 0.3) is 0 Å². The summed E-state index contributed by atoms with van der Waals surface area (Å²) in [6, 6.07) is -1.01. The van der Waals surface area contributed by atoms with Crippen LogP contribution in [0.15, 0.2) is 48.6 Å². The predicted molar refractivity (Wildman–Crippen MR) is 223 cm³/mol. The van der Waals surface area contributed by atoms with Crippen LogP contribution in [0.2, 0.25) is 0 Å². The summed E-state index contributed by atoms with van der Waals surface area (Å²) in [5.41, 5.74) is 0. The van der Waals surface area contributed by atoms with E-state index in [4.69, 9.17) is 0 Å². The molecule has 5 N–H and O–H groups in total. The van der Waals surface area contributed by atoms with Crippen LogP contribution in [-0.2, 0) is 4.79 Å². The van der Waals surface area contributed by atoms with Gasteiger partial charge in [0.2, 0.25) is 5.91 Å². The lowest BCUT2D eigenvalue weighted by molar-refractivity contribution is -0.132. The van der Waals surface area contributed by atoms with Gasteiger partial charge in [-0.2, -0.15) is 0 Å². The summed E-state index contributed by atoms with van der Waals surface area (Å²) in [6.07, 6.45) is 48.6. The largest absolute Gasteiger partial charge is 0.394 e. The molecule has 0 rings (SSSR count). The van der Waals surface area contributed by atoms with Gasteiger partial charge in [0.05, 0.1) is 18.8 Å². The molecule has 0 aliphatic carbocycles. The highest BCUT2D eigenvalue weighted by molar-refractivity contribution is 5.80. The molecular weight excluding hydrogens is 647 g/mol. The second kappa shape index (κ2) is 40.5. The van der Waals surface area contributed by atoms with E-state index in [9.17, 15) is 25.2 Å². The van der Waals surface area contributed by atoms with E-state index in [2.05, 4.69) is 67.8 Å². The van der Waals surface area contributed by atoms with Crippen LogP contribution in [0.1, 0.15) is 206 Å². The van der Waals surface area contributed by atoms with Gasteiger partial charge in [-0.05, 0) is 83.5 Å². The summed E-state index contributed by atoms with van der Waals surface area (Å²) in [7, 11) is 0. The number of carbonyl (C=O) groups excluding carboxylic acids is 1. The van der Waals surface area contributed by atoms with Gasteiger partial charge in [-0.25, -0.2) is 0 Å². The van der Waals surface area contributed by atoms with Crippen molar-refractivity contribution in [1.29, 1.82) is 0 Å². The summed E-state index contributed by atoms with van der Waals surface area (Å²) >= 11 is 0. The number of hydrogen-bond acceptors (Lipinski definition) is 5. The Morgan fingerprint density at radius 3 is 1.29 bits per heavy atom. The zero-order chi connectivity index (χ0) is 38.2. The Balaban J connectivity index is 3.79. The molecule has 0 aromatic rings. The van der Waals surface area contributed by atoms with Crippen molar-refractivity contribution in [3.05, 3.63) is 48.6 Å². The fourth-order valence-electron chi connectivity index (χ4n) is 6.44. The fraction of sp³-hybridized carbons (Fsp3) is 0.804. The molecule has 1 amide bonds. The molecule has 0 heterocycles. The molecule has 4 atom stereocenters. The minimum Gasteiger partial charge on any atom is -0.394 e. The Hall–Kier alpha value is -1.73. The Morgan fingerprint density at radius 1 is 0.462 bits per heavy atom. The van der Waals surface area contributed by atoms with Crippen molar-refractivity contribution < 1.29 is 25.2 Å². The molecule has 0 saturated carbocycles. The smallest absolute Gasteiger partial charge is 0.249 e. The van der Waals surface area contributed by atoms with Crippen LogP contribution in [0, 0.1) is 0 Å². The van der Waals surface area contributed by atoms with E-state index in [0.29, 0.717) is 19.3 Å². The van der Waals surface area contributed by atoms with Crippen LogP contribution in [0.3, 0.4) is 0 Å². The molecule has 0 aromatic heterocycles. The summed E-state index contributed by atoms with van der Waals surface area (Å²) in [5, 5.41) is 43.6. The Labute approximate surface area is 321 Å². The van der Waals surface area contributed by atoms with Gasteiger partial charge in [-0.3, -0.25) is 4.79 Å². The van der Waals surface area contributed by atoms with Crippen molar-refractivity contribution in [2.45, 2.75) is 231 Å². The zero-order valence-corrected chi connectivity index (χ0v) is 34.0. The lowest BCUT2D eigenvalue weighted by atomic mass is 10.00. The molecule has 4 unspecified atom stereocenters. The highest BCUT2D eigenvalue weighted by Gasteiger charge is 2.28. The first-order valence-corrected chi connectivity index (χ1v) is 22.0. The van der Waals surface area contributed by atoms with E-state index in [0.717, 1.165) is 70.6 Å².